The third kappa shape index (κ3) is 3.15. The number of hydrogen-bond acceptors (Lipinski definition) is 4. The van der Waals surface area contributed by atoms with Crippen LogP contribution >= 0.6 is 15.9 Å². The van der Waals surface area contributed by atoms with Gasteiger partial charge in [-0.15, -0.1) is 0 Å². The monoisotopic (exact) mass is 343 g/mol. The minimum Gasteiger partial charge on any atom is -0.383 e. The van der Waals surface area contributed by atoms with E-state index in [4.69, 9.17) is 10.5 Å². The van der Waals surface area contributed by atoms with E-state index in [1.807, 2.05) is 0 Å². The van der Waals surface area contributed by atoms with Gasteiger partial charge in [0.25, 0.3) is 0 Å². The molecule has 0 radical (unpaired) electrons. The standard InChI is InChI=1S/C10H13BrF3N3O2/c1-9(15,10(12,13)14)8(18)7-6(11)5-16-17(7)3-4-19-2/h5H,3-4,15H2,1-2H3. The van der Waals surface area contributed by atoms with E-state index >= 15 is 0 Å². The molecule has 0 fully saturated rings. The van der Waals surface area contributed by atoms with Crippen LogP contribution < -0.4 is 5.73 Å². The summed E-state index contributed by atoms with van der Waals surface area (Å²) in [6.07, 6.45) is -3.60. The maximum absolute atomic E-state index is 12.8. The third-order valence-corrected chi connectivity index (χ3v) is 3.16. The number of halogens is 4. The van der Waals surface area contributed by atoms with Crippen molar-refractivity contribution in [2.24, 2.45) is 5.73 Å². The fourth-order valence-corrected chi connectivity index (χ4v) is 1.79. The van der Waals surface area contributed by atoms with Gasteiger partial charge in [-0.05, 0) is 22.9 Å². The van der Waals surface area contributed by atoms with Crippen molar-refractivity contribution in [2.45, 2.75) is 25.2 Å². The first-order valence-corrected chi connectivity index (χ1v) is 6.03. The zero-order chi connectivity index (χ0) is 14.8. The molecule has 0 aliphatic rings. The molecule has 0 saturated carbocycles. The van der Waals surface area contributed by atoms with E-state index in [1.165, 1.54) is 13.3 Å². The van der Waals surface area contributed by atoms with Crippen LogP contribution in [0.15, 0.2) is 10.7 Å². The predicted molar refractivity (Wildman–Crippen MR) is 64.8 cm³/mol. The van der Waals surface area contributed by atoms with Crippen LogP contribution in [0, 0.1) is 0 Å². The molecule has 0 aliphatic heterocycles. The van der Waals surface area contributed by atoms with E-state index in [0.717, 1.165) is 4.68 Å². The minimum absolute atomic E-state index is 0.150. The Labute approximate surface area is 116 Å². The van der Waals surface area contributed by atoms with Gasteiger partial charge < -0.3 is 10.5 Å². The second-order valence-electron chi connectivity index (χ2n) is 4.09. The zero-order valence-electron chi connectivity index (χ0n) is 10.3. The van der Waals surface area contributed by atoms with Gasteiger partial charge in [0.15, 0.2) is 5.54 Å². The van der Waals surface area contributed by atoms with Gasteiger partial charge >= 0.3 is 6.18 Å². The van der Waals surface area contributed by atoms with Crippen molar-refractivity contribution < 1.29 is 22.7 Å². The minimum atomic E-state index is -4.85. The SMILES string of the molecule is COCCn1ncc(Br)c1C(=O)C(C)(N)C(F)(F)F. The van der Waals surface area contributed by atoms with Gasteiger partial charge in [-0.25, -0.2) is 0 Å². The molecule has 0 spiro atoms. The quantitative estimate of drug-likeness (QED) is 0.827. The summed E-state index contributed by atoms with van der Waals surface area (Å²) in [5, 5.41) is 3.82. The highest BCUT2D eigenvalue weighted by Crippen LogP contribution is 2.32. The van der Waals surface area contributed by atoms with Crippen LogP contribution in [0.1, 0.15) is 17.4 Å². The maximum atomic E-state index is 12.8. The second kappa shape index (κ2) is 5.59. The van der Waals surface area contributed by atoms with Gasteiger partial charge in [-0.1, -0.05) is 0 Å². The lowest BCUT2D eigenvalue weighted by atomic mass is 9.94. The summed E-state index contributed by atoms with van der Waals surface area (Å²) < 4.78 is 44.4. The van der Waals surface area contributed by atoms with Gasteiger partial charge in [0, 0.05) is 7.11 Å². The van der Waals surface area contributed by atoms with E-state index in [0.29, 0.717) is 6.92 Å². The fraction of sp³-hybridized carbons (Fsp3) is 0.600. The topological polar surface area (TPSA) is 70.1 Å². The highest BCUT2D eigenvalue weighted by molar-refractivity contribution is 9.10. The van der Waals surface area contributed by atoms with Crippen LogP contribution in [0.4, 0.5) is 13.2 Å². The highest BCUT2D eigenvalue weighted by Gasteiger charge is 2.55. The van der Waals surface area contributed by atoms with Crippen molar-refractivity contribution >= 4 is 21.7 Å². The molecule has 0 aliphatic carbocycles. The predicted octanol–water partition coefficient (Wildman–Crippen LogP) is 1.75. The van der Waals surface area contributed by atoms with Gasteiger partial charge in [0.2, 0.25) is 5.78 Å². The summed E-state index contributed by atoms with van der Waals surface area (Å²) in [5.41, 5.74) is 1.93. The normalized spacial score (nSPS) is 15.3. The number of carbonyl (C=O) groups excluding carboxylic acids is 1. The summed E-state index contributed by atoms with van der Waals surface area (Å²) in [6, 6.07) is 0. The van der Waals surface area contributed by atoms with Crippen LogP contribution in [-0.4, -0.2) is 41.0 Å². The lowest BCUT2D eigenvalue weighted by molar-refractivity contribution is -0.166. The number of methoxy groups -OCH3 is 1. The smallest absolute Gasteiger partial charge is 0.383 e. The number of nitrogens with zero attached hydrogens (tertiary/aromatic N) is 2. The lowest BCUT2D eigenvalue weighted by Crippen LogP contribution is -2.57. The van der Waals surface area contributed by atoms with Crippen molar-refractivity contribution in [3.05, 3.63) is 16.4 Å². The number of alkyl halides is 3. The molecule has 1 unspecified atom stereocenters. The van der Waals surface area contributed by atoms with Gasteiger partial charge in [-0.2, -0.15) is 18.3 Å². The lowest BCUT2D eigenvalue weighted by Gasteiger charge is -2.26. The molecule has 108 valence electrons. The number of ether oxygens (including phenoxy) is 1. The fourth-order valence-electron chi connectivity index (χ4n) is 1.31. The van der Waals surface area contributed by atoms with Crippen LogP contribution in [-0.2, 0) is 11.3 Å². The van der Waals surface area contributed by atoms with Crippen LogP contribution in [0.3, 0.4) is 0 Å². The van der Waals surface area contributed by atoms with Gasteiger partial charge in [-0.3, -0.25) is 9.48 Å². The number of nitrogens with two attached hydrogens (primary N) is 1. The molecular formula is C10H13BrF3N3O2. The Morgan fingerprint density at radius 3 is 2.63 bits per heavy atom. The Bertz CT molecular complexity index is 471. The number of carbonyl (C=O) groups is 1. The summed E-state index contributed by atoms with van der Waals surface area (Å²) >= 11 is 3.00. The Morgan fingerprint density at radius 2 is 2.16 bits per heavy atom. The Morgan fingerprint density at radius 1 is 1.58 bits per heavy atom. The molecule has 1 aromatic heterocycles. The Balaban J connectivity index is 3.16. The van der Waals surface area contributed by atoms with Crippen LogP contribution in [0.2, 0.25) is 0 Å². The van der Waals surface area contributed by atoms with Gasteiger partial charge in [0.05, 0.1) is 23.8 Å². The molecule has 19 heavy (non-hydrogen) atoms. The zero-order valence-corrected chi connectivity index (χ0v) is 11.9. The van der Waals surface area contributed by atoms with E-state index in [9.17, 15) is 18.0 Å². The van der Waals surface area contributed by atoms with Crippen molar-refractivity contribution in [1.82, 2.24) is 9.78 Å². The number of ketones is 1. The summed E-state index contributed by atoms with van der Waals surface area (Å²) in [4.78, 5) is 12.0. The summed E-state index contributed by atoms with van der Waals surface area (Å²) in [7, 11) is 1.43. The van der Waals surface area contributed by atoms with E-state index in [1.54, 1.807) is 0 Å². The number of rotatable bonds is 5. The van der Waals surface area contributed by atoms with Crippen molar-refractivity contribution in [3.63, 3.8) is 0 Å². The van der Waals surface area contributed by atoms with Crippen LogP contribution in [0.25, 0.3) is 0 Å². The molecule has 1 aromatic rings. The molecule has 1 heterocycles. The first kappa shape index (κ1) is 16.1. The average Bonchev–Trinajstić information content (AvgIpc) is 2.65. The van der Waals surface area contributed by atoms with E-state index in [-0.39, 0.29) is 23.3 Å². The Kier molecular flexibility index (Phi) is 4.75. The Hall–Kier alpha value is -0.930. The molecule has 0 aromatic carbocycles. The van der Waals surface area contributed by atoms with E-state index < -0.39 is 17.5 Å². The average molecular weight is 344 g/mol. The van der Waals surface area contributed by atoms with Crippen molar-refractivity contribution in [3.8, 4) is 0 Å². The highest BCUT2D eigenvalue weighted by atomic mass is 79.9. The van der Waals surface area contributed by atoms with Crippen molar-refractivity contribution in [2.75, 3.05) is 13.7 Å². The first-order valence-electron chi connectivity index (χ1n) is 5.23. The molecule has 0 amide bonds. The largest absolute Gasteiger partial charge is 0.413 e. The van der Waals surface area contributed by atoms with Crippen molar-refractivity contribution in [1.29, 1.82) is 0 Å². The first-order chi connectivity index (χ1) is 8.63. The molecule has 0 saturated heterocycles. The molecule has 1 atom stereocenters. The maximum Gasteiger partial charge on any atom is 0.413 e. The molecule has 9 heteroatoms. The molecular weight excluding hydrogens is 331 g/mol. The number of aromatic nitrogens is 2. The van der Waals surface area contributed by atoms with E-state index in [2.05, 4.69) is 21.0 Å². The number of Topliss-reactive ketones (excluding diaryl/α,β-unsaturated/α-hetero) is 1. The molecule has 5 nitrogen and oxygen atoms in total. The molecule has 2 N–H and O–H groups in total. The second-order valence-corrected chi connectivity index (χ2v) is 4.94. The summed E-state index contributed by atoms with van der Waals surface area (Å²) in [6.45, 7) is 0.994. The third-order valence-electron chi connectivity index (χ3n) is 2.58. The molecule has 1 rings (SSSR count). The van der Waals surface area contributed by atoms with Crippen LogP contribution in [0.5, 0.6) is 0 Å². The summed E-state index contributed by atoms with van der Waals surface area (Å²) in [5.74, 6) is -1.25. The number of hydrogen-bond donors (Lipinski definition) is 1. The molecule has 0 bridgehead atoms. The van der Waals surface area contributed by atoms with Gasteiger partial charge in [0.1, 0.15) is 5.69 Å².